The summed E-state index contributed by atoms with van der Waals surface area (Å²) in [5.74, 6) is 0.231. The van der Waals surface area contributed by atoms with Crippen LogP contribution in [-0.2, 0) is 4.79 Å². The Hall–Kier alpha value is -1.05. The predicted octanol–water partition coefficient (Wildman–Crippen LogP) is 1.20. The minimum absolute atomic E-state index is 0.0269. The van der Waals surface area contributed by atoms with Crippen LogP contribution in [-0.4, -0.2) is 11.4 Å². The first-order valence-corrected chi connectivity index (χ1v) is 2.85. The van der Waals surface area contributed by atoms with Gasteiger partial charge in [0, 0.05) is 5.92 Å². The Labute approximate surface area is 53.5 Å². The molecule has 2 heteroatoms. The number of carbonyl (C=O) groups is 1. The molecule has 2 nitrogen and oxygen atoms in total. The maximum absolute atomic E-state index is 10.1. The largest absolute Gasteiger partial charge is 0.508 e. The van der Waals surface area contributed by atoms with Crippen molar-refractivity contribution in [3.63, 3.8) is 0 Å². The quantitative estimate of drug-likeness (QED) is 0.533. The summed E-state index contributed by atoms with van der Waals surface area (Å²) in [4.78, 5) is 10.1. The van der Waals surface area contributed by atoms with Gasteiger partial charge >= 0.3 is 0 Å². The van der Waals surface area contributed by atoms with E-state index >= 15 is 0 Å². The lowest BCUT2D eigenvalue weighted by Gasteiger charge is -2.04. The number of carbonyl (C=O) groups excluding carboxylic acids is 1. The molecule has 0 radical (unpaired) electrons. The Morgan fingerprint density at radius 2 is 2.56 bits per heavy atom. The average Bonchev–Trinajstić information content (AvgIpc) is 1.90. The Morgan fingerprint density at radius 3 is 3.00 bits per heavy atom. The van der Waals surface area contributed by atoms with Gasteiger partial charge in [-0.15, -0.1) is 0 Å². The van der Waals surface area contributed by atoms with E-state index in [1.807, 2.05) is 0 Å². The van der Waals surface area contributed by atoms with E-state index in [1.165, 1.54) is 0 Å². The van der Waals surface area contributed by atoms with Gasteiger partial charge in [-0.2, -0.15) is 0 Å². The molecule has 0 aromatic rings. The van der Waals surface area contributed by atoms with E-state index < -0.39 is 0 Å². The van der Waals surface area contributed by atoms with E-state index in [0.717, 1.165) is 6.29 Å². The van der Waals surface area contributed by atoms with Gasteiger partial charge in [-0.05, 0) is 18.6 Å². The second-order valence-corrected chi connectivity index (χ2v) is 2.02. The molecular formula is C7H8O2. The van der Waals surface area contributed by atoms with Crippen LogP contribution >= 0.6 is 0 Å². The summed E-state index contributed by atoms with van der Waals surface area (Å²) in [6, 6.07) is 0. The van der Waals surface area contributed by atoms with E-state index in [2.05, 4.69) is 0 Å². The van der Waals surface area contributed by atoms with Gasteiger partial charge < -0.3 is 9.90 Å². The molecule has 0 amide bonds. The smallest absolute Gasteiger partial charge is 0.127 e. The maximum atomic E-state index is 10.1. The van der Waals surface area contributed by atoms with Gasteiger partial charge in [0.25, 0.3) is 0 Å². The van der Waals surface area contributed by atoms with E-state index in [9.17, 15) is 4.79 Å². The monoisotopic (exact) mass is 124 g/mol. The third-order valence-electron chi connectivity index (χ3n) is 1.29. The molecule has 0 bridgehead atoms. The van der Waals surface area contributed by atoms with Crippen molar-refractivity contribution in [3.05, 3.63) is 24.0 Å². The Morgan fingerprint density at radius 1 is 1.78 bits per heavy atom. The van der Waals surface area contributed by atoms with E-state index in [-0.39, 0.29) is 11.7 Å². The molecule has 0 unspecified atom stereocenters. The van der Waals surface area contributed by atoms with Crippen LogP contribution in [0, 0.1) is 5.92 Å². The third kappa shape index (κ3) is 1.42. The van der Waals surface area contributed by atoms with Crippen molar-refractivity contribution < 1.29 is 9.90 Å². The molecule has 1 N–H and O–H groups in total. The number of hydrogen-bond donors (Lipinski definition) is 1. The molecule has 0 aromatic heterocycles. The van der Waals surface area contributed by atoms with Crippen molar-refractivity contribution in [1.29, 1.82) is 0 Å². The Kier molecular flexibility index (Phi) is 1.68. The van der Waals surface area contributed by atoms with Gasteiger partial charge in [0.2, 0.25) is 0 Å². The topological polar surface area (TPSA) is 37.3 Å². The van der Waals surface area contributed by atoms with Crippen molar-refractivity contribution in [2.45, 2.75) is 6.42 Å². The van der Waals surface area contributed by atoms with Gasteiger partial charge in [0.1, 0.15) is 12.0 Å². The van der Waals surface area contributed by atoms with Crippen LogP contribution in [0.25, 0.3) is 0 Å². The highest BCUT2D eigenvalue weighted by Crippen LogP contribution is 2.11. The molecule has 1 aliphatic rings. The van der Waals surface area contributed by atoms with Crippen LogP contribution in [0.2, 0.25) is 0 Å². The summed E-state index contributed by atoms with van der Waals surface area (Å²) < 4.78 is 0. The standard InChI is InChI=1S/C7H8O2/c8-5-6-1-3-7(9)4-2-6/h1,3-6,9H,2H2/t6-/m1/s1. The molecule has 0 aromatic carbocycles. The minimum atomic E-state index is -0.0269. The number of aliphatic hydroxyl groups excluding tert-OH is 1. The normalized spacial score (nSPS) is 25.3. The molecule has 0 saturated carbocycles. The second kappa shape index (κ2) is 2.49. The maximum Gasteiger partial charge on any atom is 0.127 e. The molecule has 1 rings (SSSR count). The van der Waals surface area contributed by atoms with Crippen LogP contribution in [0.3, 0.4) is 0 Å². The van der Waals surface area contributed by atoms with Crippen LogP contribution in [0.5, 0.6) is 0 Å². The number of hydrogen-bond acceptors (Lipinski definition) is 2. The fourth-order valence-electron chi connectivity index (χ4n) is 0.727. The Bertz CT molecular complexity index is 168. The average molecular weight is 124 g/mol. The van der Waals surface area contributed by atoms with Crippen molar-refractivity contribution in [2.24, 2.45) is 5.92 Å². The van der Waals surface area contributed by atoms with E-state index in [0.29, 0.717) is 6.42 Å². The third-order valence-corrected chi connectivity index (χ3v) is 1.29. The first-order valence-electron chi connectivity index (χ1n) is 2.85. The van der Waals surface area contributed by atoms with E-state index in [4.69, 9.17) is 5.11 Å². The summed E-state index contributed by atoms with van der Waals surface area (Å²) in [6.07, 6.45) is 6.38. The fourth-order valence-corrected chi connectivity index (χ4v) is 0.727. The lowest BCUT2D eigenvalue weighted by atomic mass is 10.0. The zero-order valence-electron chi connectivity index (χ0n) is 4.95. The molecule has 0 aliphatic heterocycles. The second-order valence-electron chi connectivity index (χ2n) is 2.02. The summed E-state index contributed by atoms with van der Waals surface area (Å²) in [5, 5.41) is 8.78. The summed E-state index contributed by atoms with van der Waals surface area (Å²) >= 11 is 0. The molecule has 0 spiro atoms. The number of allylic oxidation sites excluding steroid dienone is 3. The number of aliphatic hydroxyl groups is 1. The molecule has 0 saturated heterocycles. The fraction of sp³-hybridized carbons (Fsp3) is 0.286. The highest BCUT2D eigenvalue weighted by atomic mass is 16.3. The molecule has 0 heterocycles. The zero-order chi connectivity index (χ0) is 6.69. The van der Waals surface area contributed by atoms with Gasteiger partial charge in [0.05, 0.1) is 0 Å². The lowest BCUT2D eigenvalue weighted by molar-refractivity contribution is -0.109. The van der Waals surface area contributed by atoms with Crippen molar-refractivity contribution in [3.8, 4) is 0 Å². The van der Waals surface area contributed by atoms with Crippen LogP contribution in [0.15, 0.2) is 24.0 Å². The lowest BCUT2D eigenvalue weighted by Crippen LogP contribution is -1.99. The van der Waals surface area contributed by atoms with Crippen LogP contribution < -0.4 is 0 Å². The van der Waals surface area contributed by atoms with Gasteiger partial charge in [-0.3, -0.25) is 0 Å². The van der Waals surface area contributed by atoms with Crippen molar-refractivity contribution in [1.82, 2.24) is 0 Å². The number of rotatable bonds is 1. The van der Waals surface area contributed by atoms with Gasteiger partial charge in [0.15, 0.2) is 0 Å². The molecular weight excluding hydrogens is 116 g/mol. The molecule has 0 fully saturated rings. The summed E-state index contributed by atoms with van der Waals surface area (Å²) in [7, 11) is 0. The predicted molar refractivity (Wildman–Crippen MR) is 34.0 cm³/mol. The van der Waals surface area contributed by atoms with Crippen LogP contribution in [0.4, 0.5) is 0 Å². The van der Waals surface area contributed by atoms with Gasteiger partial charge in [-0.25, -0.2) is 0 Å². The first kappa shape index (κ1) is 6.08. The summed E-state index contributed by atoms with van der Waals surface area (Å²) in [5.41, 5.74) is 0. The number of aldehydes is 1. The molecule has 1 atom stereocenters. The first-order chi connectivity index (χ1) is 4.33. The highest BCUT2D eigenvalue weighted by Gasteiger charge is 2.04. The molecule has 1 aliphatic carbocycles. The minimum Gasteiger partial charge on any atom is -0.508 e. The van der Waals surface area contributed by atoms with Crippen molar-refractivity contribution >= 4 is 6.29 Å². The highest BCUT2D eigenvalue weighted by molar-refractivity contribution is 5.58. The summed E-state index contributed by atoms with van der Waals surface area (Å²) in [6.45, 7) is 0. The molecule has 9 heavy (non-hydrogen) atoms. The van der Waals surface area contributed by atoms with E-state index in [1.54, 1.807) is 18.2 Å². The Balaban J connectivity index is 2.58. The zero-order valence-corrected chi connectivity index (χ0v) is 4.95. The van der Waals surface area contributed by atoms with Gasteiger partial charge in [-0.1, -0.05) is 6.08 Å². The van der Waals surface area contributed by atoms with Crippen molar-refractivity contribution in [2.75, 3.05) is 0 Å². The SMILES string of the molecule is O=C[C@@H]1C=CC(O)=CC1. The molecule has 48 valence electrons. The van der Waals surface area contributed by atoms with Crippen LogP contribution in [0.1, 0.15) is 6.42 Å².